The number of ether oxygens (including phenoxy) is 1. The van der Waals surface area contributed by atoms with Crippen LogP contribution >= 0.6 is 0 Å². The third-order valence-electron chi connectivity index (χ3n) is 4.77. The van der Waals surface area contributed by atoms with Gasteiger partial charge in [-0.25, -0.2) is 0 Å². The van der Waals surface area contributed by atoms with Crippen molar-refractivity contribution in [3.63, 3.8) is 0 Å². The third kappa shape index (κ3) is 3.39. The minimum Gasteiger partial charge on any atom is -0.497 e. The molecule has 0 bridgehead atoms. The van der Waals surface area contributed by atoms with Crippen molar-refractivity contribution in [1.82, 2.24) is 4.41 Å². The quantitative estimate of drug-likeness (QED) is 0.653. The lowest BCUT2D eigenvalue weighted by atomic mass is 9.99. The summed E-state index contributed by atoms with van der Waals surface area (Å²) in [6.07, 6.45) is 0.502. The van der Waals surface area contributed by atoms with Gasteiger partial charge in [-0.2, -0.15) is 17.9 Å². The summed E-state index contributed by atoms with van der Waals surface area (Å²) in [6.45, 7) is 0. The van der Waals surface area contributed by atoms with Gasteiger partial charge >= 0.3 is 0 Å². The van der Waals surface area contributed by atoms with Gasteiger partial charge in [0.25, 0.3) is 10.0 Å². The monoisotopic (exact) mass is 392 g/mol. The Labute approximate surface area is 164 Å². The molecular formula is C22H20N2O3S. The molecule has 0 saturated carbocycles. The Morgan fingerprint density at radius 2 is 1.50 bits per heavy atom. The first-order valence-electron chi connectivity index (χ1n) is 8.96. The van der Waals surface area contributed by atoms with E-state index in [4.69, 9.17) is 4.74 Å². The Morgan fingerprint density at radius 3 is 2.11 bits per heavy atom. The van der Waals surface area contributed by atoms with Gasteiger partial charge in [0.2, 0.25) is 0 Å². The third-order valence-corrected chi connectivity index (χ3v) is 6.46. The molecular weight excluding hydrogens is 372 g/mol. The Kier molecular flexibility index (Phi) is 4.88. The number of hydrogen-bond acceptors (Lipinski definition) is 4. The fraction of sp³-hybridized carbons (Fsp3) is 0.136. The molecule has 0 radical (unpaired) electrons. The first-order chi connectivity index (χ1) is 13.6. The highest BCUT2D eigenvalue weighted by molar-refractivity contribution is 7.89. The highest BCUT2D eigenvalue weighted by Crippen LogP contribution is 2.37. The molecule has 0 aliphatic carbocycles. The summed E-state index contributed by atoms with van der Waals surface area (Å²) < 4.78 is 33.0. The molecule has 28 heavy (non-hydrogen) atoms. The number of hydrogen-bond donors (Lipinski definition) is 0. The number of benzene rings is 3. The average molecular weight is 392 g/mol. The zero-order chi connectivity index (χ0) is 19.6. The van der Waals surface area contributed by atoms with E-state index in [0.29, 0.717) is 6.42 Å². The van der Waals surface area contributed by atoms with Crippen molar-refractivity contribution in [2.75, 3.05) is 7.11 Å². The Balaban J connectivity index is 1.77. The maximum atomic E-state index is 13.3. The summed E-state index contributed by atoms with van der Waals surface area (Å²) in [5, 5.41) is 4.54. The van der Waals surface area contributed by atoms with Crippen molar-refractivity contribution in [2.45, 2.75) is 17.4 Å². The van der Waals surface area contributed by atoms with Gasteiger partial charge in [0.15, 0.2) is 0 Å². The van der Waals surface area contributed by atoms with Gasteiger partial charge in [-0.05, 0) is 47.5 Å². The van der Waals surface area contributed by atoms with Crippen LogP contribution in [0.5, 0.6) is 5.75 Å². The van der Waals surface area contributed by atoms with Crippen molar-refractivity contribution in [3.05, 3.63) is 96.1 Å². The number of rotatable bonds is 5. The Bertz CT molecular complexity index is 1080. The minimum absolute atomic E-state index is 0.232. The normalized spacial score (nSPS) is 16.7. The van der Waals surface area contributed by atoms with Crippen LogP contribution in [-0.4, -0.2) is 25.7 Å². The van der Waals surface area contributed by atoms with Crippen LogP contribution < -0.4 is 4.74 Å². The van der Waals surface area contributed by atoms with E-state index in [1.807, 2.05) is 54.6 Å². The van der Waals surface area contributed by atoms with Crippen molar-refractivity contribution < 1.29 is 13.2 Å². The summed E-state index contributed by atoms with van der Waals surface area (Å²) in [7, 11) is -2.16. The van der Waals surface area contributed by atoms with Crippen molar-refractivity contribution in [2.24, 2.45) is 5.10 Å². The maximum absolute atomic E-state index is 13.3. The van der Waals surface area contributed by atoms with Crippen LogP contribution in [0.15, 0.2) is 94.9 Å². The molecule has 4 rings (SSSR count). The first-order valence-corrected chi connectivity index (χ1v) is 10.4. The summed E-state index contributed by atoms with van der Waals surface area (Å²) in [5.74, 6) is 0.746. The van der Waals surface area contributed by atoms with Crippen molar-refractivity contribution in [1.29, 1.82) is 0 Å². The molecule has 5 nitrogen and oxygen atoms in total. The highest BCUT2D eigenvalue weighted by Gasteiger charge is 2.37. The van der Waals surface area contributed by atoms with E-state index in [1.165, 1.54) is 4.41 Å². The molecule has 1 aliphatic rings. The molecule has 0 amide bonds. The molecule has 1 aliphatic heterocycles. The SMILES string of the molecule is COc1ccc(C2=NN(S(=O)(=O)c3ccccc3)[C@@H](c3ccccc3)C2)cc1. The van der Waals surface area contributed by atoms with E-state index in [9.17, 15) is 8.42 Å². The number of sulfonamides is 1. The molecule has 0 unspecified atom stereocenters. The second-order valence-corrected chi connectivity index (χ2v) is 8.29. The second-order valence-electron chi connectivity index (χ2n) is 6.50. The van der Waals surface area contributed by atoms with Gasteiger partial charge in [0.05, 0.1) is 23.8 Å². The van der Waals surface area contributed by atoms with E-state index in [0.717, 1.165) is 22.6 Å². The van der Waals surface area contributed by atoms with E-state index >= 15 is 0 Å². The van der Waals surface area contributed by atoms with Gasteiger partial charge in [0, 0.05) is 6.42 Å². The molecule has 0 saturated heterocycles. The van der Waals surface area contributed by atoms with E-state index in [1.54, 1.807) is 37.4 Å². The van der Waals surface area contributed by atoms with Gasteiger partial charge in [-0.15, -0.1) is 0 Å². The van der Waals surface area contributed by atoms with Crippen LogP contribution in [0.4, 0.5) is 0 Å². The predicted octanol–water partition coefficient (Wildman–Crippen LogP) is 4.24. The Hall–Kier alpha value is -3.12. The van der Waals surface area contributed by atoms with Gasteiger partial charge in [-0.1, -0.05) is 48.5 Å². The molecule has 3 aromatic rings. The lowest BCUT2D eigenvalue weighted by molar-refractivity contribution is 0.371. The summed E-state index contributed by atoms with van der Waals surface area (Å²) in [6, 6.07) is 25.1. The molecule has 0 aromatic heterocycles. The van der Waals surface area contributed by atoms with E-state index in [2.05, 4.69) is 5.10 Å². The molecule has 6 heteroatoms. The molecule has 0 spiro atoms. The summed E-state index contributed by atoms with van der Waals surface area (Å²) >= 11 is 0. The van der Waals surface area contributed by atoms with E-state index in [-0.39, 0.29) is 10.9 Å². The van der Waals surface area contributed by atoms with Crippen LogP contribution in [0, 0.1) is 0 Å². The Morgan fingerprint density at radius 1 is 0.893 bits per heavy atom. The molecule has 1 heterocycles. The van der Waals surface area contributed by atoms with E-state index < -0.39 is 10.0 Å². The largest absolute Gasteiger partial charge is 0.497 e. The van der Waals surface area contributed by atoms with Crippen LogP contribution in [0.25, 0.3) is 0 Å². The zero-order valence-electron chi connectivity index (χ0n) is 15.4. The molecule has 142 valence electrons. The fourth-order valence-electron chi connectivity index (χ4n) is 3.29. The minimum atomic E-state index is -3.77. The highest BCUT2D eigenvalue weighted by atomic mass is 32.2. The lowest BCUT2D eigenvalue weighted by Crippen LogP contribution is -2.27. The van der Waals surface area contributed by atoms with Gasteiger partial charge in [-0.3, -0.25) is 0 Å². The zero-order valence-corrected chi connectivity index (χ0v) is 16.2. The maximum Gasteiger partial charge on any atom is 0.279 e. The van der Waals surface area contributed by atoms with Crippen LogP contribution in [-0.2, 0) is 10.0 Å². The number of hydrazone groups is 1. The number of nitrogens with zero attached hydrogens (tertiary/aromatic N) is 2. The molecule has 1 atom stereocenters. The molecule has 0 fully saturated rings. The molecule has 0 N–H and O–H groups in total. The van der Waals surface area contributed by atoms with Gasteiger partial charge < -0.3 is 4.74 Å². The van der Waals surface area contributed by atoms with Crippen LogP contribution in [0.2, 0.25) is 0 Å². The average Bonchev–Trinajstić information content (AvgIpc) is 3.21. The van der Waals surface area contributed by atoms with Crippen LogP contribution in [0.3, 0.4) is 0 Å². The van der Waals surface area contributed by atoms with Gasteiger partial charge in [0.1, 0.15) is 5.75 Å². The fourth-order valence-corrected chi connectivity index (χ4v) is 4.75. The summed E-state index contributed by atoms with van der Waals surface area (Å²) in [5.41, 5.74) is 2.53. The summed E-state index contributed by atoms with van der Waals surface area (Å²) in [4.78, 5) is 0.232. The first kappa shape index (κ1) is 18.3. The second kappa shape index (κ2) is 7.48. The topological polar surface area (TPSA) is 59.0 Å². The van der Waals surface area contributed by atoms with Crippen LogP contribution in [0.1, 0.15) is 23.6 Å². The number of methoxy groups -OCH3 is 1. The molecule has 3 aromatic carbocycles. The van der Waals surface area contributed by atoms with Crippen molar-refractivity contribution >= 4 is 15.7 Å². The predicted molar refractivity (Wildman–Crippen MR) is 109 cm³/mol. The lowest BCUT2D eigenvalue weighted by Gasteiger charge is -2.23. The standard InChI is InChI=1S/C22H20N2O3S/c1-27-19-14-12-17(13-15-19)21-16-22(18-8-4-2-5-9-18)24(23-21)28(25,26)20-10-6-3-7-11-20/h2-15,22H,16H2,1H3/t22-/m1/s1. The smallest absolute Gasteiger partial charge is 0.279 e. The van der Waals surface area contributed by atoms with Crippen molar-refractivity contribution in [3.8, 4) is 5.75 Å².